The SMILES string of the molecule is CC(C)(C)c1ccc(C(=O)Nc2cc3[nH]c(C4CCCCC4)nc3cc2SCCc2ccccc2)cc1. The van der Waals surface area contributed by atoms with Crippen molar-refractivity contribution in [1.82, 2.24) is 9.97 Å². The highest BCUT2D eigenvalue weighted by Crippen LogP contribution is 2.36. The fourth-order valence-corrected chi connectivity index (χ4v) is 6.10. The number of amides is 1. The number of hydrogen-bond acceptors (Lipinski definition) is 3. The second kappa shape index (κ2) is 11.1. The Balaban J connectivity index is 1.40. The minimum atomic E-state index is -0.0864. The van der Waals surface area contributed by atoms with Gasteiger partial charge in [0.2, 0.25) is 0 Å². The highest BCUT2D eigenvalue weighted by Gasteiger charge is 2.20. The first-order valence-electron chi connectivity index (χ1n) is 13.5. The van der Waals surface area contributed by atoms with E-state index in [4.69, 9.17) is 4.98 Å². The molecule has 5 rings (SSSR count). The molecule has 4 aromatic rings. The van der Waals surface area contributed by atoms with Gasteiger partial charge in [-0.15, -0.1) is 11.8 Å². The highest BCUT2D eigenvalue weighted by atomic mass is 32.2. The van der Waals surface area contributed by atoms with Crippen molar-refractivity contribution in [2.24, 2.45) is 0 Å². The van der Waals surface area contributed by atoms with Gasteiger partial charge < -0.3 is 10.3 Å². The lowest BCUT2D eigenvalue weighted by Gasteiger charge is -2.19. The topological polar surface area (TPSA) is 57.8 Å². The van der Waals surface area contributed by atoms with E-state index in [1.54, 1.807) is 11.8 Å². The number of rotatable bonds is 7. The number of H-pyrrole nitrogens is 1. The Bertz CT molecular complexity index is 1350. The van der Waals surface area contributed by atoms with Gasteiger partial charge in [0.1, 0.15) is 5.82 Å². The number of fused-ring (bicyclic) bond motifs is 1. The molecule has 4 nitrogen and oxygen atoms in total. The van der Waals surface area contributed by atoms with Crippen molar-refractivity contribution in [3.8, 4) is 0 Å². The van der Waals surface area contributed by atoms with Crippen LogP contribution in [0, 0.1) is 0 Å². The molecule has 5 heteroatoms. The maximum absolute atomic E-state index is 13.3. The Labute approximate surface area is 224 Å². The summed E-state index contributed by atoms with van der Waals surface area (Å²) in [6, 6.07) is 22.7. The zero-order valence-electron chi connectivity index (χ0n) is 22.1. The van der Waals surface area contributed by atoms with Crippen molar-refractivity contribution in [2.75, 3.05) is 11.1 Å². The number of aryl methyl sites for hydroxylation is 1. The maximum atomic E-state index is 13.3. The van der Waals surface area contributed by atoms with Gasteiger partial charge in [0.15, 0.2) is 0 Å². The zero-order chi connectivity index (χ0) is 25.8. The van der Waals surface area contributed by atoms with Crippen molar-refractivity contribution in [1.29, 1.82) is 0 Å². The van der Waals surface area contributed by atoms with Gasteiger partial charge in [-0.25, -0.2) is 4.98 Å². The van der Waals surface area contributed by atoms with Gasteiger partial charge in [-0.05, 0) is 60.1 Å². The molecule has 0 unspecified atom stereocenters. The van der Waals surface area contributed by atoms with Crippen LogP contribution in [0.5, 0.6) is 0 Å². The summed E-state index contributed by atoms with van der Waals surface area (Å²) in [5.41, 5.74) is 6.08. The first-order valence-corrected chi connectivity index (χ1v) is 14.5. The molecule has 0 bridgehead atoms. The Morgan fingerprint density at radius 2 is 1.73 bits per heavy atom. The van der Waals surface area contributed by atoms with Gasteiger partial charge in [-0.2, -0.15) is 0 Å². The molecule has 192 valence electrons. The van der Waals surface area contributed by atoms with E-state index < -0.39 is 0 Å². The number of aromatic nitrogens is 2. The van der Waals surface area contributed by atoms with E-state index in [0.29, 0.717) is 11.5 Å². The number of thioether (sulfide) groups is 1. The second-order valence-corrected chi connectivity index (χ2v) is 12.3. The molecule has 0 aliphatic heterocycles. The van der Waals surface area contributed by atoms with Crippen molar-refractivity contribution in [2.45, 2.75) is 75.5 Å². The number of benzene rings is 3. The quantitative estimate of drug-likeness (QED) is 0.245. The van der Waals surface area contributed by atoms with Crippen LogP contribution in [0.25, 0.3) is 11.0 Å². The van der Waals surface area contributed by atoms with E-state index in [-0.39, 0.29) is 11.3 Å². The molecule has 1 fully saturated rings. The molecule has 0 spiro atoms. The van der Waals surface area contributed by atoms with Crippen LogP contribution in [-0.2, 0) is 11.8 Å². The number of carbonyl (C=O) groups excluding carboxylic acids is 1. The molecular formula is C32H37N3OS. The van der Waals surface area contributed by atoms with Crippen LogP contribution in [-0.4, -0.2) is 21.6 Å². The lowest BCUT2D eigenvalue weighted by Crippen LogP contribution is -2.14. The number of nitrogens with one attached hydrogen (secondary N) is 2. The van der Waals surface area contributed by atoms with E-state index in [2.05, 4.69) is 79.6 Å². The largest absolute Gasteiger partial charge is 0.342 e. The molecule has 2 N–H and O–H groups in total. The molecule has 1 aromatic heterocycles. The summed E-state index contributed by atoms with van der Waals surface area (Å²) in [6.07, 6.45) is 7.25. The normalized spacial score (nSPS) is 14.7. The van der Waals surface area contributed by atoms with Gasteiger partial charge in [-0.1, -0.05) is 82.5 Å². The fraction of sp³-hybridized carbons (Fsp3) is 0.375. The number of imidazole rings is 1. The van der Waals surface area contributed by atoms with Crippen LogP contribution >= 0.6 is 11.8 Å². The molecule has 1 saturated carbocycles. The average Bonchev–Trinajstić information content (AvgIpc) is 3.32. The van der Waals surface area contributed by atoms with Crippen LogP contribution in [0.4, 0.5) is 5.69 Å². The summed E-state index contributed by atoms with van der Waals surface area (Å²) in [7, 11) is 0. The van der Waals surface area contributed by atoms with E-state index in [1.165, 1.54) is 43.2 Å². The highest BCUT2D eigenvalue weighted by molar-refractivity contribution is 7.99. The standard InChI is InChI=1S/C32H37N3OS/c1-32(2,3)25-16-14-24(15-17-25)31(36)35-28-20-26-27(34-30(33-26)23-12-8-5-9-13-23)21-29(28)37-19-18-22-10-6-4-7-11-22/h4,6-7,10-11,14-17,20-21,23H,5,8-9,12-13,18-19H2,1-3H3,(H,33,34)(H,35,36). The predicted molar refractivity (Wildman–Crippen MR) is 156 cm³/mol. The number of aromatic amines is 1. The number of nitrogens with zero attached hydrogens (tertiary/aromatic N) is 1. The Morgan fingerprint density at radius 1 is 1.00 bits per heavy atom. The number of anilines is 1. The third-order valence-electron chi connectivity index (χ3n) is 7.35. The maximum Gasteiger partial charge on any atom is 0.255 e. The zero-order valence-corrected chi connectivity index (χ0v) is 23.0. The lowest BCUT2D eigenvalue weighted by atomic mass is 9.87. The van der Waals surface area contributed by atoms with Crippen molar-refractivity contribution < 1.29 is 4.79 Å². The summed E-state index contributed by atoms with van der Waals surface area (Å²) >= 11 is 1.78. The monoisotopic (exact) mass is 511 g/mol. The first kappa shape index (κ1) is 25.6. The molecule has 0 radical (unpaired) electrons. The third kappa shape index (κ3) is 6.27. The lowest BCUT2D eigenvalue weighted by molar-refractivity contribution is 0.102. The molecule has 0 atom stereocenters. The Morgan fingerprint density at radius 3 is 2.43 bits per heavy atom. The molecular weight excluding hydrogens is 474 g/mol. The van der Waals surface area contributed by atoms with Crippen LogP contribution in [0.3, 0.4) is 0 Å². The predicted octanol–water partition coefficient (Wildman–Crippen LogP) is 8.50. The molecule has 3 aromatic carbocycles. The van der Waals surface area contributed by atoms with E-state index in [0.717, 1.165) is 39.6 Å². The number of carbonyl (C=O) groups is 1. The third-order valence-corrected chi connectivity index (χ3v) is 8.40. The minimum absolute atomic E-state index is 0.0548. The van der Waals surface area contributed by atoms with Crippen molar-refractivity contribution in [3.05, 3.63) is 89.2 Å². The van der Waals surface area contributed by atoms with Gasteiger partial charge in [0, 0.05) is 22.1 Å². The molecule has 1 heterocycles. The van der Waals surface area contributed by atoms with Crippen molar-refractivity contribution >= 4 is 34.4 Å². The summed E-state index contributed by atoms with van der Waals surface area (Å²) in [5.74, 6) is 2.45. The fourth-order valence-electron chi connectivity index (χ4n) is 5.08. The molecule has 1 aliphatic rings. The van der Waals surface area contributed by atoms with Crippen LogP contribution in [0.2, 0.25) is 0 Å². The summed E-state index contributed by atoms with van der Waals surface area (Å²) < 4.78 is 0. The Kier molecular flexibility index (Phi) is 7.71. The van der Waals surface area contributed by atoms with Crippen LogP contribution < -0.4 is 5.32 Å². The minimum Gasteiger partial charge on any atom is -0.342 e. The van der Waals surface area contributed by atoms with E-state index >= 15 is 0 Å². The van der Waals surface area contributed by atoms with E-state index in [1.807, 2.05) is 18.2 Å². The van der Waals surface area contributed by atoms with Gasteiger partial charge in [-0.3, -0.25) is 4.79 Å². The molecule has 1 aliphatic carbocycles. The average molecular weight is 512 g/mol. The van der Waals surface area contributed by atoms with Crippen LogP contribution in [0.1, 0.15) is 86.1 Å². The summed E-state index contributed by atoms with van der Waals surface area (Å²) in [5, 5.41) is 3.21. The van der Waals surface area contributed by atoms with Crippen LogP contribution in [0.15, 0.2) is 71.6 Å². The van der Waals surface area contributed by atoms with Crippen molar-refractivity contribution in [3.63, 3.8) is 0 Å². The molecule has 0 saturated heterocycles. The summed E-state index contributed by atoms with van der Waals surface area (Å²) in [4.78, 5) is 22.9. The number of hydrogen-bond donors (Lipinski definition) is 2. The molecule has 37 heavy (non-hydrogen) atoms. The second-order valence-electron chi connectivity index (χ2n) is 11.2. The van der Waals surface area contributed by atoms with E-state index in [9.17, 15) is 4.79 Å². The van der Waals surface area contributed by atoms with Gasteiger partial charge in [0.25, 0.3) is 5.91 Å². The van der Waals surface area contributed by atoms with Gasteiger partial charge >= 0.3 is 0 Å². The molecule has 1 amide bonds. The smallest absolute Gasteiger partial charge is 0.255 e. The Hall–Kier alpha value is -3.05. The van der Waals surface area contributed by atoms with Gasteiger partial charge in [0.05, 0.1) is 16.7 Å². The first-order chi connectivity index (χ1) is 17.9. The summed E-state index contributed by atoms with van der Waals surface area (Å²) in [6.45, 7) is 6.55.